The molecule has 9 heteroatoms. The van der Waals surface area contributed by atoms with E-state index in [0.29, 0.717) is 26.1 Å². The summed E-state index contributed by atoms with van der Waals surface area (Å²) in [4.78, 5) is 36.1. The standard InChI is InChI=1S/C25H32N6O2S/c1-29-17(9-10-23(32)26-15-18-6-5-13-34-18)14-27-25(33)24-21(29)11-12-31(24)16-22-28-19-7-3-4-8-20(19)30(22)2/h3-8,13,17,21,24H,9-12,14-16H2,1-2H3,(H,26,32)(H,27,33). The first kappa shape index (κ1) is 23.0. The van der Waals surface area contributed by atoms with Gasteiger partial charge in [0.15, 0.2) is 0 Å². The molecule has 5 rings (SSSR count). The van der Waals surface area contributed by atoms with Gasteiger partial charge in [0, 0.05) is 43.5 Å². The van der Waals surface area contributed by atoms with E-state index in [4.69, 9.17) is 4.98 Å². The molecule has 0 radical (unpaired) electrons. The smallest absolute Gasteiger partial charge is 0.239 e. The highest BCUT2D eigenvalue weighted by molar-refractivity contribution is 7.09. The summed E-state index contributed by atoms with van der Waals surface area (Å²) in [6.07, 6.45) is 2.11. The van der Waals surface area contributed by atoms with E-state index in [0.717, 1.165) is 41.1 Å². The Morgan fingerprint density at radius 2 is 2.09 bits per heavy atom. The number of nitrogens with zero attached hydrogens (tertiary/aromatic N) is 4. The summed E-state index contributed by atoms with van der Waals surface area (Å²) >= 11 is 1.65. The number of para-hydroxylation sites is 2. The van der Waals surface area contributed by atoms with Gasteiger partial charge in [0.2, 0.25) is 11.8 Å². The van der Waals surface area contributed by atoms with Gasteiger partial charge in [-0.2, -0.15) is 0 Å². The first-order valence-electron chi connectivity index (χ1n) is 11.9. The van der Waals surface area contributed by atoms with Crippen LogP contribution in [0.5, 0.6) is 0 Å². The molecule has 180 valence electrons. The van der Waals surface area contributed by atoms with Crippen molar-refractivity contribution in [1.82, 2.24) is 30.0 Å². The van der Waals surface area contributed by atoms with Gasteiger partial charge < -0.3 is 15.2 Å². The lowest BCUT2D eigenvalue weighted by molar-refractivity contribution is -0.126. The third kappa shape index (κ3) is 4.60. The van der Waals surface area contributed by atoms with E-state index < -0.39 is 0 Å². The van der Waals surface area contributed by atoms with Gasteiger partial charge in [0.25, 0.3) is 0 Å². The highest BCUT2D eigenvalue weighted by Gasteiger charge is 2.45. The van der Waals surface area contributed by atoms with E-state index in [1.165, 1.54) is 0 Å². The number of aromatic nitrogens is 2. The Morgan fingerprint density at radius 1 is 1.24 bits per heavy atom. The van der Waals surface area contributed by atoms with Gasteiger partial charge >= 0.3 is 0 Å². The monoisotopic (exact) mass is 480 g/mol. The second kappa shape index (κ2) is 9.85. The van der Waals surface area contributed by atoms with Crippen LogP contribution >= 0.6 is 11.3 Å². The summed E-state index contributed by atoms with van der Waals surface area (Å²) in [6.45, 7) is 2.64. The maximum atomic E-state index is 13.1. The number of thiophene rings is 1. The van der Waals surface area contributed by atoms with Gasteiger partial charge in [-0.1, -0.05) is 18.2 Å². The molecule has 2 saturated heterocycles. The van der Waals surface area contributed by atoms with Crippen molar-refractivity contribution in [1.29, 1.82) is 0 Å². The molecule has 0 aliphatic carbocycles. The quantitative estimate of drug-likeness (QED) is 0.541. The Kier molecular flexibility index (Phi) is 6.67. The molecule has 1 aromatic carbocycles. The lowest BCUT2D eigenvalue weighted by atomic mass is 10.0. The van der Waals surface area contributed by atoms with Crippen LogP contribution in [0.15, 0.2) is 41.8 Å². The highest BCUT2D eigenvalue weighted by Crippen LogP contribution is 2.29. The number of hydrogen-bond acceptors (Lipinski definition) is 6. The maximum Gasteiger partial charge on any atom is 0.239 e. The number of likely N-dealkylation sites (N-methyl/N-ethyl adjacent to an activating group) is 1. The van der Waals surface area contributed by atoms with Gasteiger partial charge in [0.1, 0.15) is 11.9 Å². The second-order valence-corrected chi connectivity index (χ2v) is 10.3. The van der Waals surface area contributed by atoms with E-state index in [-0.39, 0.29) is 29.9 Å². The van der Waals surface area contributed by atoms with Gasteiger partial charge in [-0.25, -0.2) is 4.98 Å². The van der Waals surface area contributed by atoms with Gasteiger partial charge in [-0.05, 0) is 43.5 Å². The number of hydrogen-bond donors (Lipinski definition) is 2. The maximum absolute atomic E-state index is 13.1. The van der Waals surface area contributed by atoms with Crippen LogP contribution in [0.2, 0.25) is 0 Å². The van der Waals surface area contributed by atoms with Gasteiger partial charge in [-0.15, -0.1) is 11.3 Å². The number of nitrogens with one attached hydrogen (secondary N) is 2. The predicted octanol–water partition coefficient (Wildman–Crippen LogP) is 2.10. The number of imidazole rings is 1. The molecule has 3 atom stereocenters. The fourth-order valence-corrected chi connectivity index (χ4v) is 5.97. The molecule has 8 nitrogen and oxygen atoms in total. The van der Waals surface area contributed by atoms with Gasteiger partial charge in [0.05, 0.1) is 24.1 Å². The van der Waals surface area contributed by atoms with Crippen molar-refractivity contribution in [3.63, 3.8) is 0 Å². The second-order valence-electron chi connectivity index (χ2n) is 9.31. The summed E-state index contributed by atoms with van der Waals surface area (Å²) < 4.78 is 2.12. The first-order chi connectivity index (χ1) is 16.5. The summed E-state index contributed by atoms with van der Waals surface area (Å²) in [5, 5.41) is 8.18. The molecule has 2 aliphatic heterocycles. The highest BCUT2D eigenvalue weighted by atomic mass is 32.1. The normalized spacial score (nSPS) is 23.6. The largest absolute Gasteiger partial charge is 0.353 e. The minimum Gasteiger partial charge on any atom is -0.353 e. The van der Waals surface area contributed by atoms with Crippen LogP contribution in [0.25, 0.3) is 11.0 Å². The van der Waals surface area contributed by atoms with Crippen molar-refractivity contribution in [3.05, 3.63) is 52.5 Å². The van der Waals surface area contributed by atoms with E-state index in [9.17, 15) is 9.59 Å². The fraction of sp³-hybridized carbons (Fsp3) is 0.480. The molecule has 2 aromatic heterocycles. The molecule has 2 amide bonds. The molecular formula is C25H32N6O2S. The zero-order valence-electron chi connectivity index (χ0n) is 19.7. The molecule has 2 aliphatic rings. The third-order valence-electron chi connectivity index (χ3n) is 7.32. The molecule has 0 spiro atoms. The van der Waals surface area contributed by atoms with E-state index in [1.807, 2.05) is 42.8 Å². The van der Waals surface area contributed by atoms with Crippen LogP contribution < -0.4 is 10.6 Å². The topological polar surface area (TPSA) is 82.5 Å². The molecule has 2 fully saturated rings. The van der Waals surface area contributed by atoms with E-state index in [1.54, 1.807) is 11.3 Å². The first-order valence-corrected chi connectivity index (χ1v) is 12.8. The predicted molar refractivity (Wildman–Crippen MR) is 133 cm³/mol. The molecule has 3 aromatic rings. The molecular weight excluding hydrogens is 448 g/mol. The van der Waals surface area contributed by atoms with Crippen molar-refractivity contribution in [2.45, 2.75) is 50.5 Å². The van der Waals surface area contributed by atoms with Crippen molar-refractivity contribution in [2.24, 2.45) is 7.05 Å². The number of benzene rings is 1. The van der Waals surface area contributed by atoms with Crippen LogP contribution in [-0.2, 0) is 29.7 Å². The Labute approximate surface area is 203 Å². The van der Waals surface area contributed by atoms with Crippen LogP contribution in [0, 0.1) is 0 Å². The van der Waals surface area contributed by atoms with E-state index >= 15 is 0 Å². The van der Waals surface area contributed by atoms with Crippen LogP contribution in [0.3, 0.4) is 0 Å². The van der Waals surface area contributed by atoms with Crippen molar-refractivity contribution >= 4 is 34.2 Å². The summed E-state index contributed by atoms with van der Waals surface area (Å²) in [5.74, 6) is 1.11. The van der Waals surface area contributed by atoms with Crippen molar-refractivity contribution in [2.75, 3.05) is 20.1 Å². The molecule has 2 N–H and O–H groups in total. The minimum atomic E-state index is -0.206. The Hall–Kier alpha value is -2.75. The van der Waals surface area contributed by atoms with Crippen LogP contribution in [0.4, 0.5) is 0 Å². The Morgan fingerprint density at radius 3 is 2.88 bits per heavy atom. The Bertz CT molecular complexity index is 1160. The number of rotatable bonds is 7. The van der Waals surface area contributed by atoms with Crippen LogP contribution in [0.1, 0.15) is 30.0 Å². The number of aryl methyl sites for hydroxylation is 1. The number of carbonyl (C=O) groups excluding carboxylic acids is 2. The summed E-state index contributed by atoms with van der Waals surface area (Å²) in [5.41, 5.74) is 2.09. The van der Waals surface area contributed by atoms with Gasteiger partial charge in [-0.3, -0.25) is 19.4 Å². The Balaban J connectivity index is 1.22. The lowest BCUT2D eigenvalue weighted by Gasteiger charge is -2.33. The summed E-state index contributed by atoms with van der Waals surface area (Å²) in [6, 6.07) is 12.2. The van der Waals surface area contributed by atoms with Crippen molar-refractivity contribution in [3.8, 4) is 0 Å². The number of likely N-dealkylation sites (tertiary alicyclic amines) is 1. The third-order valence-corrected chi connectivity index (χ3v) is 8.19. The zero-order chi connectivity index (χ0) is 23.7. The number of carbonyl (C=O) groups is 2. The molecule has 0 saturated carbocycles. The average molecular weight is 481 g/mol. The molecule has 3 unspecified atom stereocenters. The summed E-state index contributed by atoms with van der Waals surface area (Å²) in [7, 11) is 4.14. The molecule has 4 heterocycles. The lowest BCUT2D eigenvalue weighted by Crippen LogP contribution is -2.49. The van der Waals surface area contributed by atoms with Crippen LogP contribution in [-0.4, -0.2) is 69.4 Å². The number of amides is 2. The molecule has 0 bridgehead atoms. The van der Waals surface area contributed by atoms with Crippen molar-refractivity contribution < 1.29 is 9.59 Å². The SMILES string of the molecule is CN1C(CCC(=O)NCc2cccs2)CNC(=O)C2C1CCN2Cc1nc2ccccc2n1C. The zero-order valence-corrected chi connectivity index (χ0v) is 20.6. The minimum absolute atomic E-state index is 0.0591. The van der Waals surface area contributed by atoms with E-state index in [2.05, 4.69) is 38.1 Å². The fourth-order valence-electron chi connectivity index (χ4n) is 5.33. The average Bonchev–Trinajstić information content (AvgIpc) is 3.56. The number of fused-ring (bicyclic) bond motifs is 2. The molecule has 34 heavy (non-hydrogen) atoms.